The summed E-state index contributed by atoms with van der Waals surface area (Å²) in [6, 6.07) is 0. The topological polar surface area (TPSA) is 90.0 Å². The summed E-state index contributed by atoms with van der Waals surface area (Å²) in [5, 5.41) is -0.228. The van der Waals surface area contributed by atoms with E-state index < -0.39 is 16.1 Å². The van der Waals surface area contributed by atoms with Gasteiger partial charge in [0, 0.05) is 0 Å². The van der Waals surface area contributed by atoms with Crippen LogP contribution in [0, 0.1) is 5.92 Å². The molecule has 1 saturated heterocycles. The average Bonchev–Trinajstić information content (AvgIpc) is 2.34. The lowest BCUT2D eigenvalue weighted by Gasteiger charge is -2.48. The Labute approximate surface area is 115 Å². The molecule has 2 rings (SSSR count). The van der Waals surface area contributed by atoms with Crippen molar-refractivity contribution in [3.05, 3.63) is 11.5 Å². The number of β-lactam (4-membered cyclic amide) rings is 1. The maximum Gasteiger partial charge on any atom is 0.378 e. The molecule has 0 aromatic carbocycles. The molecule has 2 heterocycles. The Morgan fingerprint density at radius 3 is 2.68 bits per heavy atom. The molecular weight excluding hydrogens is 293 g/mol. The van der Waals surface area contributed by atoms with Crippen LogP contribution in [0.2, 0.25) is 0 Å². The van der Waals surface area contributed by atoms with Gasteiger partial charge < -0.3 is 8.84 Å². The van der Waals surface area contributed by atoms with Crippen molar-refractivity contribution < 1.29 is 26.8 Å². The molecule has 1 fully saturated rings. The average molecular weight is 303 g/mol. The Balaban J connectivity index is 2.42. The molecule has 0 aromatic rings. The lowest BCUT2D eigenvalue weighted by atomic mass is 9.99. The van der Waals surface area contributed by atoms with E-state index in [-0.39, 0.29) is 34.4 Å². The third-order valence-corrected chi connectivity index (χ3v) is 4.65. The molecule has 10 heteroatoms. The molecule has 2 radical (unpaired) electrons. The zero-order valence-corrected chi connectivity index (χ0v) is 11.8. The Morgan fingerprint density at radius 2 is 2.16 bits per heavy atom. The second-order valence-electron chi connectivity index (χ2n) is 4.16. The van der Waals surface area contributed by atoms with Crippen LogP contribution < -0.4 is 0 Å². The summed E-state index contributed by atoms with van der Waals surface area (Å²) in [5.74, 6) is -1.53. The third kappa shape index (κ3) is 2.46. The lowest BCUT2D eigenvalue weighted by molar-refractivity contribution is -0.150. The molecule has 7 nitrogen and oxygen atoms in total. The first-order valence-corrected chi connectivity index (χ1v) is 8.11. The number of hydrogen-bond acceptors (Lipinski definition) is 7. The molecule has 0 bridgehead atoms. The Hall–Kier alpha value is -1.16. The summed E-state index contributed by atoms with van der Waals surface area (Å²) in [6.07, 6.45) is 0.850. The van der Waals surface area contributed by atoms with Crippen molar-refractivity contribution in [3.8, 4) is 0 Å². The molecule has 2 atom stereocenters. The summed E-state index contributed by atoms with van der Waals surface area (Å²) in [4.78, 5) is 24.5. The van der Waals surface area contributed by atoms with Crippen LogP contribution in [-0.4, -0.2) is 50.6 Å². The van der Waals surface area contributed by atoms with E-state index in [0.29, 0.717) is 0 Å². The number of rotatable bonds is 3. The van der Waals surface area contributed by atoms with Gasteiger partial charge in [-0.15, -0.1) is 11.8 Å². The molecule has 0 spiro atoms. The summed E-state index contributed by atoms with van der Waals surface area (Å²) in [7, 11) is 1.00. The summed E-state index contributed by atoms with van der Waals surface area (Å²) in [6.45, 7) is 1.73. The van der Waals surface area contributed by atoms with Gasteiger partial charge in [-0.3, -0.25) is 9.69 Å². The highest BCUT2D eigenvalue weighted by Crippen LogP contribution is 2.44. The standard InChI is InChI=1S/C9H10BNO6S2/c1-4-7(12)11-6(9(13)16-10)5(3-18-8(4)11)17-19(2,14)15/h4,8H,3H2,1-2H3/t4-,8-/m1/s1. The van der Waals surface area contributed by atoms with Crippen molar-refractivity contribution in [1.29, 1.82) is 0 Å². The van der Waals surface area contributed by atoms with Gasteiger partial charge in [-0.25, -0.2) is 4.79 Å². The maximum atomic E-state index is 11.8. The van der Waals surface area contributed by atoms with Gasteiger partial charge in [-0.2, -0.15) is 8.42 Å². The first-order valence-electron chi connectivity index (χ1n) is 5.24. The fourth-order valence-corrected chi connectivity index (χ4v) is 3.80. The van der Waals surface area contributed by atoms with Crippen molar-refractivity contribution >= 4 is 41.8 Å². The van der Waals surface area contributed by atoms with E-state index in [1.807, 2.05) is 0 Å². The van der Waals surface area contributed by atoms with Gasteiger partial charge in [0.05, 0.1) is 23.3 Å². The molecule has 0 aliphatic carbocycles. The largest absolute Gasteiger partial charge is 0.539 e. The highest BCUT2D eigenvalue weighted by Gasteiger charge is 2.52. The van der Waals surface area contributed by atoms with Crippen LogP contribution in [0.15, 0.2) is 11.5 Å². The highest BCUT2D eigenvalue weighted by molar-refractivity contribution is 8.00. The van der Waals surface area contributed by atoms with Crippen molar-refractivity contribution in [1.82, 2.24) is 4.90 Å². The predicted molar refractivity (Wildman–Crippen MR) is 67.1 cm³/mol. The van der Waals surface area contributed by atoms with Gasteiger partial charge >= 0.3 is 24.1 Å². The van der Waals surface area contributed by atoms with E-state index in [1.165, 1.54) is 11.8 Å². The van der Waals surface area contributed by atoms with Gasteiger partial charge in [0.1, 0.15) is 0 Å². The zero-order chi connectivity index (χ0) is 14.4. The molecule has 102 valence electrons. The molecule has 0 N–H and O–H groups in total. The SMILES string of the molecule is [B]OC(=O)C1=C(OS(C)(=O)=O)CS[C@@H]2[C@H](C)C(=O)N12. The second-order valence-corrected chi connectivity index (χ2v) is 6.84. The number of thioether (sulfide) groups is 1. The zero-order valence-electron chi connectivity index (χ0n) is 10.2. The monoisotopic (exact) mass is 303 g/mol. The summed E-state index contributed by atoms with van der Waals surface area (Å²) in [5.41, 5.74) is -0.236. The number of carbonyl (C=O) groups excluding carboxylic acids is 2. The van der Waals surface area contributed by atoms with E-state index in [0.717, 1.165) is 11.2 Å². The van der Waals surface area contributed by atoms with Crippen molar-refractivity contribution in [2.24, 2.45) is 5.92 Å². The van der Waals surface area contributed by atoms with Gasteiger partial charge in [0.25, 0.3) is 0 Å². The van der Waals surface area contributed by atoms with Crippen molar-refractivity contribution in [3.63, 3.8) is 0 Å². The number of carbonyl (C=O) groups is 2. The van der Waals surface area contributed by atoms with Gasteiger partial charge in [-0.05, 0) is 0 Å². The highest BCUT2D eigenvalue weighted by atomic mass is 32.2. The van der Waals surface area contributed by atoms with Crippen molar-refractivity contribution in [2.75, 3.05) is 12.0 Å². The van der Waals surface area contributed by atoms with Crippen LogP contribution in [0.5, 0.6) is 0 Å². The van der Waals surface area contributed by atoms with E-state index in [2.05, 4.69) is 4.65 Å². The van der Waals surface area contributed by atoms with E-state index in [9.17, 15) is 18.0 Å². The van der Waals surface area contributed by atoms with E-state index in [4.69, 9.17) is 12.2 Å². The first kappa shape index (κ1) is 14.3. The number of amides is 1. The van der Waals surface area contributed by atoms with Crippen LogP contribution in [0.25, 0.3) is 0 Å². The molecule has 0 saturated carbocycles. The quantitative estimate of drug-likeness (QED) is 0.389. The van der Waals surface area contributed by atoms with Crippen LogP contribution in [-0.2, 0) is 28.5 Å². The minimum Gasteiger partial charge on any atom is -0.539 e. The van der Waals surface area contributed by atoms with Crippen LogP contribution in [0.3, 0.4) is 0 Å². The van der Waals surface area contributed by atoms with Crippen molar-refractivity contribution in [2.45, 2.75) is 12.3 Å². The Bertz CT molecular complexity index is 571. The minimum absolute atomic E-state index is 0.139. The van der Waals surface area contributed by atoms with Gasteiger partial charge in [0.2, 0.25) is 5.91 Å². The third-order valence-electron chi connectivity index (χ3n) is 2.75. The molecule has 1 amide bonds. The van der Waals surface area contributed by atoms with Gasteiger partial charge in [-0.1, -0.05) is 6.92 Å². The number of nitrogens with zero attached hydrogens (tertiary/aromatic N) is 1. The van der Waals surface area contributed by atoms with E-state index in [1.54, 1.807) is 6.92 Å². The normalized spacial score (nSPS) is 26.6. The molecular formula is C9H10BNO6S2. The Morgan fingerprint density at radius 1 is 1.53 bits per heavy atom. The second kappa shape index (κ2) is 4.75. The van der Waals surface area contributed by atoms with Crippen LogP contribution >= 0.6 is 11.8 Å². The maximum absolute atomic E-state index is 11.8. The molecule has 0 unspecified atom stereocenters. The fourth-order valence-electron chi connectivity index (χ4n) is 1.94. The first-order chi connectivity index (χ1) is 8.76. The number of hydrogen-bond donors (Lipinski definition) is 0. The van der Waals surface area contributed by atoms with E-state index >= 15 is 0 Å². The number of fused-ring (bicyclic) bond motifs is 1. The predicted octanol–water partition coefficient (Wildman–Crippen LogP) is -0.648. The smallest absolute Gasteiger partial charge is 0.378 e. The lowest BCUT2D eigenvalue weighted by Crippen LogP contribution is -2.60. The molecule has 2 aliphatic rings. The Kier molecular flexibility index (Phi) is 3.56. The summed E-state index contributed by atoms with van der Waals surface area (Å²) >= 11 is 1.31. The minimum atomic E-state index is -3.80. The summed E-state index contributed by atoms with van der Waals surface area (Å²) < 4.78 is 31.1. The van der Waals surface area contributed by atoms with Gasteiger partial charge in [0.15, 0.2) is 11.5 Å². The molecule has 19 heavy (non-hydrogen) atoms. The molecule has 0 aromatic heterocycles. The van der Waals surface area contributed by atoms with Crippen LogP contribution in [0.4, 0.5) is 0 Å². The fraction of sp³-hybridized carbons (Fsp3) is 0.556. The van der Waals surface area contributed by atoms with Crippen LogP contribution in [0.1, 0.15) is 6.92 Å². The molecule has 2 aliphatic heterocycles.